The molecule has 0 aliphatic heterocycles. The molecular formula is C13H17ClN2O3. The number of rotatable bonds is 5. The highest BCUT2D eigenvalue weighted by molar-refractivity contribution is 6.31. The molecular weight excluding hydrogens is 268 g/mol. The first-order valence-corrected chi connectivity index (χ1v) is 6.22. The second-order valence-electron chi connectivity index (χ2n) is 4.26. The number of halogens is 1. The molecule has 0 radical (unpaired) electrons. The Morgan fingerprint density at radius 3 is 2.68 bits per heavy atom. The summed E-state index contributed by atoms with van der Waals surface area (Å²) in [5.74, 6) is -0.532. The fourth-order valence-corrected chi connectivity index (χ4v) is 1.57. The number of hydrogen-bond acceptors (Lipinski definition) is 4. The van der Waals surface area contributed by atoms with Gasteiger partial charge in [0, 0.05) is 31.2 Å². The molecule has 2 N–H and O–H groups in total. The summed E-state index contributed by atoms with van der Waals surface area (Å²) in [5, 5.41) is 0.420. The summed E-state index contributed by atoms with van der Waals surface area (Å²) in [7, 11) is 3.36. The topological polar surface area (TPSA) is 72.6 Å². The molecule has 1 aromatic rings. The lowest BCUT2D eigenvalue weighted by Crippen LogP contribution is -2.21. The van der Waals surface area contributed by atoms with Crippen molar-refractivity contribution in [1.82, 2.24) is 4.90 Å². The number of nitrogens with zero attached hydrogens (tertiary/aromatic N) is 1. The summed E-state index contributed by atoms with van der Waals surface area (Å²) in [6, 6.07) is 4.61. The minimum atomic E-state index is -0.530. The van der Waals surface area contributed by atoms with Gasteiger partial charge in [0.2, 0.25) is 5.91 Å². The highest BCUT2D eigenvalue weighted by Crippen LogP contribution is 2.18. The lowest BCUT2D eigenvalue weighted by molar-refractivity contribution is -0.128. The van der Waals surface area contributed by atoms with E-state index in [1.54, 1.807) is 26.2 Å². The van der Waals surface area contributed by atoms with Gasteiger partial charge in [-0.25, -0.2) is 4.79 Å². The molecule has 0 heterocycles. The first-order valence-electron chi connectivity index (χ1n) is 5.84. The number of anilines is 1. The van der Waals surface area contributed by atoms with E-state index in [0.717, 1.165) is 0 Å². The summed E-state index contributed by atoms with van der Waals surface area (Å²) in [6.07, 6.45) is 0.814. The standard InChI is InChI=1S/C13H17ClN2O3/c1-16(2)12(17)4-3-7-19-13(18)10-8-9(14)5-6-11(10)15/h5-6,8H,3-4,7,15H2,1-2H3. The molecule has 1 rings (SSSR count). The minimum Gasteiger partial charge on any atom is -0.462 e. The highest BCUT2D eigenvalue weighted by Gasteiger charge is 2.12. The van der Waals surface area contributed by atoms with E-state index >= 15 is 0 Å². The van der Waals surface area contributed by atoms with Gasteiger partial charge in [-0.15, -0.1) is 0 Å². The van der Waals surface area contributed by atoms with E-state index in [1.807, 2.05) is 0 Å². The molecule has 19 heavy (non-hydrogen) atoms. The zero-order chi connectivity index (χ0) is 14.4. The largest absolute Gasteiger partial charge is 0.462 e. The Hall–Kier alpha value is -1.75. The minimum absolute atomic E-state index is 0.00156. The second kappa shape index (κ2) is 6.99. The number of hydrogen-bond donors (Lipinski definition) is 1. The number of benzene rings is 1. The van der Waals surface area contributed by atoms with E-state index in [9.17, 15) is 9.59 Å². The molecule has 0 bridgehead atoms. The zero-order valence-corrected chi connectivity index (χ0v) is 11.7. The molecule has 0 aliphatic carbocycles. The van der Waals surface area contributed by atoms with E-state index < -0.39 is 5.97 Å². The van der Waals surface area contributed by atoms with Gasteiger partial charge in [-0.05, 0) is 24.6 Å². The number of carbonyl (C=O) groups is 2. The normalized spacial score (nSPS) is 10.1. The molecule has 6 heteroatoms. The number of nitrogens with two attached hydrogens (primary N) is 1. The summed E-state index contributed by atoms with van der Waals surface area (Å²) in [5.41, 5.74) is 6.22. The second-order valence-corrected chi connectivity index (χ2v) is 4.70. The molecule has 0 aromatic heterocycles. The number of esters is 1. The van der Waals surface area contributed by atoms with Crippen molar-refractivity contribution < 1.29 is 14.3 Å². The molecule has 0 aliphatic rings. The number of carbonyl (C=O) groups excluding carboxylic acids is 2. The van der Waals surface area contributed by atoms with Crippen molar-refractivity contribution in [2.75, 3.05) is 26.4 Å². The number of amides is 1. The predicted molar refractivity (Wildman–Crippen MR) is 74.1 cm³/mol. The van der Waals surface area contributed by atoms with E-state index in [4.69, 9.17) is 22.1 Å². The monoisotopic (exact) mass is 284 g/mol. The van der Waals surface area contributed by atoms with Crippen LogP contribution in [0.1, 0.15) is 23.2 Å². The molecule has 0 unspecified atom stereocenters. The smallest absolute Gasteiger partial charge is 0.340 e. The van der Waals surface area contributed by atoms with Crippen LogP contribution in [-0.4, -0.2) is 37.5 Å². The van der Waals surface area contributed by atoms with Crippen molar-refractivity contribution in [3.05, 3.63) is 28.8 Å². The van der Waals surface area contributed by atoms with Crippen molar-refractivity contribution in [2.45, 2.75) is 12.8 Å². The van der Waals surface area contributed by atoms with E-state index in [2.05, 4.69) is 0 Å². The van der Waals surface area contributed by atoms with Crippen LogP contribution in [0.25, 0.3) is 0 Å². The summed E-state index contributed by atoms with van der Waals surface area (Å²) >= 11 is 5.79. The third kappa shape index (κ3) is 4.79. The van der Waals surface area contributed by atoms with Gasteiger partial charge in [0.05, 0.1) is 12.2 Å². The average molecular weight is 285 g/mol. The van der Waals surface area contributed by atoms with Crippen LogP contribution in [0.5, 0.6) is 0 Å². The Morgan fingerprint density at radius 2 is 2.05 bits per heavy atom. The van der Waals surface area contributed by atoms with Crippen LogP contribution in [0.15, 0.2) is 18.2 Å². The van der Waals surface area contributed by atoms with Crippen molar-refractivity contribution in [2.24, 2.45) is 0 Å². The van der Waals surface area contributed by atoms with Gasteiger partial charge < -0.3 is 15.4 Å². The molecule has 0 atom stereocenters. The van der Waals surface area contributed by atoms with Crippen molar-refractivity contribution in [3.8, 4) is 0 Å². The predicted octanol–water partition coefficient (Wildman–Crippen LogP) is 1.95. The van der Waals surface area contributed by atoms with Crippen LogP contribution in [0, 0.1) is 0 Å². The lowest BCUT2D eigenvalue weighted by Gasteiger charge is -2.10. The van der Waals surface area contributed by atoms with Crippen molar-refractivity contribution in [3.63, 3.8) is 0 Å². The quantitative estimate of drug-likeness (QED) is 0.509. The Kier molecular flexibility index (Phi) is 5.63. The van der Waals surface area contributed by atoms with Crippen LogP contribution in [-0.2, 0) is 9.53 Å². The highest BCUT2D eigenvalue weighted by atomic mass is 35.5. The summed E-state index contributed by atoms with van der Waals surface area (Å²) < 4.78 is 5.05. The molecule has 104 valence electrons. The van der Waals surface area contributed by atoms with Crippen LogP contribution >= 0.6 is 11.6 Å². The molecule has 1 aromatic carbocycles. The van der Waals surface area contributed by atoms with Gasteiger partial charge in [0.25, 0.3) is 0 Å². The van der Waals surface area contributed by atoms with Gasteiger partial charge in [-0.2, -0.15) is 0 Å². The Morgan fingerprint density at radius 1 is 1.37 bits per heavy atom. The summed E-state index contributed by atoms with van der Waals surface area (Å²) in [4.78, 5) is 24.5. The molecule has 5 nitrogen and oxygen atoms in total. The van der Waals surface area contributed by atoms with Crippen LogP contribution in [0.4, 0.5) is 5.69 Å². The van der Waals surface area contributed by atoms with E-state index in [-0.39, 0.29) is 18.1 Å². The van der Waals surface area contributed by atoms with Crippen LogP contribution in [0.2, 0.25) is 5.02 Å². The SMILES string of the molecule is CN(C)C(=O)CCCOC(=O)c1cc(Cl)ccc1N. The first-order chi connectivity index (χ1) is 8.91. The van der Waals surface area contributed by atoms with Crippen molar-refractivity contribution >= 4 is 29.2 Å². The van der Waals surface area contributed by atoms with Crippen LogP contribution < -0.4 is 5.73 Å². The maximum absolute atomic E-state index is 11.7. The average Bonchev–Trinajstić information content (AvgIpc) is 2.36. The Balaban J connectivity index is 2.44. The third-order valence-electron chi connectivity index (χ3n) is 2.50. The fourth-order valence-electron chi connectivity index (χ4n) is 1.39. The molecule has 0 saturated heterocycles. The van der Waals surface area contributed by atoms with E-state index in [0.29, 0.717) is 23.6 Å². The van der Waals surface area contributed by atoms with E-state index in [1.165, 1.54) is 11.0 Å². The van der Waals surface area contributed by atoms with Gasteiger partial charge in [0.15, 0.2) is 0 Å². The molecule has 0 spiro atoms. The third-order valence-corrected chi connectivity index (χ3v) is 2.74. The maximum atomic E-state index is 11.7. The van der Waals surface area contributed by atoms with Crippen LogP contribution in [0.3, 0.4) is 0 Å². The lowest BCUT2D eigenvalue weighted by atomic mass is 10.2. The maximum Gasteiger partial charge on any atom is 0.340 e. The number of nitrogen functional groups attached to an aromatic ring is 1. The number of ether oxygens (including phenoxy) is 1. The van der Waals surface area contributed by atoms with Crippen molar-refractivity contribution in [1.29, 1.82) is 0 Å². The van der Waals surface area contributed by atoms with Gasteiger partial charge in [-0.1, -0.05) is 11.6 Å². The Bertz CT molecular complexity index is 475. The van der Waals surface area contributed by atoms with Gasteiger partial charge >= 0.3 is 5.97 Å². The van der Waals surface area contributed by atoms with Gasteiger partial charge in [0.1, 0.15) is 0 Å². The fraction of sp³-hybridized carbons (Fsp3) is 0.385. The molecule has 0 saturated carbocycles. The Labute approximate surface area is 117 Å². The first kappa shape index (κ1) is 15.3. The molecule has 0 fully saturated rings. The molecule has 1 amide bonds. The van der Waals surface area contributed by atoms with Gasteiger partial charge in [-0.3, -0.25) is 4.79 Å². The summed E-state index contributed by atoms with van der Waals surface area (Å²) in [6.45, 7) is 0.171. The zero-order valence-electron chi connectivity index (χ0n) is 11.0.